The number of benzene rings is 1. The van der Waals surface area contributed by atoms with Gasteiger partial charge in [0, 0.05) is 18.5 Å². The molecule has 1 aliphatic rings. The van der Waals surface area contributed by atoms with Crippen LogP contribution in [0.5, 0.6) is 0 Å². The summed E-state index contributed by atoms with van der Waals surface area (Å²) in [6, 6.07) is 6.43. The lowest BCUT2D eigenvalue weighted by molar-refractivity contribution is -0.145. The van der Waals surface area contributed by atoms with E-state index in [0.29, 0.717) is 12.1 Å². The number of rotatable bonds is 9. The minimum absolute atomic E-state index is 0.167. The minimum atomic E-state index is -0.846. The Morgan fingerprint density at radius 3 is 2.33 bits per heavy atom. The Morgan fingerprint density at radius 2 is 1.80 bits per heavy atom. The van der Waals surface area contributed by atoms with Gasteiger partial charge in [-0.25, -0.2) is 9.63 Å². The molecular weight excluding hydrogens is 406 g/mol. The number of hydrogen-bond donors (Lipinski definition) is 3. The molecule has 30 heavy (non-hydrogen) atoms. The number of halogens is 1. The molecule has 0 radical (unpaired) electrons. The lowest BCUT2D eigenvalue weighted by Gasteiger charge is -2.37. The average Bonchev–Trinajstić information content (AvgIpc) is 2.79. The molecule has 0 spiro atoms. The molecule has 1 aromatic carbocycles. The maximum Gasteiger partial charge on any atom is 0.328 e. The monoisotopic (exact) mass is 437 g/mol. The fourth-order valence-corrected chi connectivity index (χ4v) is 4.08. The normalized spacial score (nSPS) is 17.5. The van der Waals surface area contributed by atoms with Crippen LogP contribution >= 0.6 is 11.8 Å². The Morgan fingerprint density at radius 1 is 1.17 bits per heavy atom. The molecule has 0 heterocycles. The number of carbonyl (C=O) groups excluding carboxylic acids is 3. The zero-order chi connectivity index (χ0) is 22.1. The Hall–Kier alpha value is -2.12. The molecule has 1 unspecified atom stereocenters. The average molecular weight is 438 g/mol. The van der Waals surface area contributed by atoms with Gasteiger partial charge in [-0.1, -0.05) is 38.3 Å². The first-order valence-electron chi connectivity index (χ1n) is 10.5. The summed E-state index contributed by atoms with van der Waals surface area (Å²) in [7, 11) is 1.29. The Bertz CT molecular complexity index is 734. The Kier molecular flexibility index (Phi) is 9.11. The zero-order valence-corrected chi connectivity index (χ0v) is 18.7. The molecule has 1 aromatic rings. The van der Waals surface area contributed by atoms with Crippen molar-refractivity contribution >= 4 is 35.2 Å². The number of methoxy groups -OCH3 is 1. The van der Waals surface area contributed by atoms with Crippen LogP contribution in [0.4, 0.5) is 5.69 Å². The van der Waals surface area contributed by atoms with Gasteiger partial charge in [0.2, 0.25) is 11.8 Å². The molecule has 0 saturated heterocycles. The zero-order valence-electron chi connectivity index (χ0n) is 17.9. The summed E-state index contributed by atoms with van der Waals surface area (Å²) in [5.41, 5.74) is 0.636. The summed E-state index contributed by atoms with van der Waals surface area (Å²) in [5.74, 6) is -0.693. The summed E-state index contributed by atoms with van der Waals surface area (Å²) in [5, 5.41) is 5.61. The van der Waals surface area contributed by atoms with Crippen LogP contribution in [0.15, 0.2) is 24.3 Å². The van der Waals surface area contributed by atoms with Crippen LogP contribution < -0.4 is 15.5 Å². The quantitative estimate of drug-likeness (QED) is 0.406. The number of esters is 1. The van der Waals surface area contributed by atoms with Gasteiger partial charge in [0.05, 0.1) is 7.11 Å². The van der Waals surface area contributed by atoms with Gasteiger partial charge in [-0.2, -0.15) is 0 Å². The highest BCUT2D eigenvalue weighted by Crippen LogP contribution is 2.34. The van der Waals surface area contributed by atoms with E-state index in [4.69, 9.17) is 16.5 Å². The van der Waals surface area contributed by atoms with Crippen LogP contribution in [-0.2, 0) is 25.5 Å². The molecular formula is C22H32ClN3O4. The van der Waals surface area contributed by atoms with E-state index < -0.39 is 17.6 Å². The van der Waals surface area contributed by atoms with Gasteiger partial charge in [-0.15, -0.1) is 0 Å². The van der Waals surface area contributed by atoms with Crippen LogP contribution in [-0.4, -0.2) is 36.5 Å². The predicted molar refractivity (Wildman–Crippen MR) is 117 cm³/mol. The van der Waals surface area contributed by atoms with Gasteiger partial charge < -0.3 is 15.4 Å². The lowest BCUT2D eigenvalue weighted by atomic mass is 9.75. The fraction of sp³-hybridized carbons (Fsp3) is 0.591. The van der Waals surface area contributed by atoms with Gasteiger partial charge in [-0.05, 0) is 55.2 Å². The van der Waals surface area contributed by atoms with Crippen molar-refractivity contribution in [3.8, 4) is 0 Å². The summed E-state index contributed by atoms with van der Waals surface area (Å²) in [6.45, 7) is 3.56. The number of carbonyl (C=O) groups is 3. The second-order valence-electron chi connectivity index (χ2n) is 7.98. The van der Waals surface area contributed by atoms with Gasteiger partial charge in [0.25, 0.3) is 0 Å². The third kappa shape index (κ3) is 6.19. The molecule has 2 rings (SSSR count). The van der Waals surface area contributed by atoms with Crippen molar-refractivity contribution in [2.24, 2.45) is 5.92 Å². The topological polar surface area (TPSA) is 96.5 Å². The molecule has 1 aliphatic carbocycles. The van der Waals surface area contributed by atoms with Crippen LogP contribution in [0.2, 0.25) is 0 Å². The SMILES string of the molecule is CCC(=O)N[C@H](Cc1ccc(NC(=O)C(C)(NCl)C2CCCCC2)cc1)C(=O)OC. The number of anilines is 1. The van der Waals surface area contributed by atoms with Crippen molar-refractivity contribution in [1.29, 1.82) is 0 Å². The minimum Gasteiger partial charge on any atom is -0.467 e. The molecule has 1 fully saturated rings. The van der Waals surface area contributed by atoms with Crippen molar-refractivity contribution in [1.82, 2.24) is 10.2 Å². The maximum atomic E-state index is 12.9. The van der Waals surface area contributed by atoms with Crippen LogP contribution in [0.3, 0.4) is 0 Å². The molecule has 166 valence electrons. The van der Waals surface area contributed by atoms with Crippen LogP contribution in [0.25, 0.3) is 0 Å². The highest BCUT2D eigenvalue weighted by molar-refractivity contribution is 6.16. The van der Waals surface area contributed by atoms with E-state index in [-0.39, 0.29) is 24.2 Å². The lowest BCUT2D eigenvalue weighted by Crippen LogP contribution is -2.54. The molecule has 0 aliphatic heterocycles. The van der Waals surface area contributed by atoms with Gasteiger partial charge >= 0.3 is 5.97 Å². The van der Waals surface area contributed by atoms with Crippen molar-refractivity contribution in [3.05, 3.63) is 29.8 Å². The molecule has 0 aromatic heterocycles. The summed E-state index contributed by atoms with van der Waals surface area (Å²) >= 11 is 5.99. The molecule has 2 atom stereocenters. The van der Waals surface area contributed by atoms with Crippen LogP contribution in [0, 0.1) is 5.92 Å². The van der Waals surface area contributed by atoms with Crippen LogP contribution in [0.1, 0.15) is 57.9 Å². The van der Waals surface area contributed by atoms with Crippen molar-refractivity contribution in [3.63, 3.8) is 0 Å². The van der Waals surface area contributed by atoms with E-state index in [9.17, 15) is 14.4 Å². The van der Waals surface area contributed by atoms with E-state index in [0.717, 1.165) is 31.2 Å². The third-order valence-corrected chi connectivity index (χ3v) is 6.28. The highest BCUT2D eigenvalue weighted by atomic mass is 35.5. The summed E-state index contributed by atoms with van der Waals surface area (Å²) in [4.78, 5) is 39.3. The Balaban J connectivity index is 2.04. The van der Waals surface area contributed by atoms with Gasteiger partial charge in [0.15, 0.2) is 0 Å². The molecule has 0 bridgehead atoms. The predicted octanol–water partition coefficient (Wildman–Crippen LogP) is 3.32. The van der Waals surface area contributed by atoms with E-state index in [1.54, 1.807) is 19.1 Å². The molecule has 3 N–H and O–H groups in total. The van der Waals surface area contributed by atoms with Crippen molar-refractivity contribution < 1.29 is 19.1 Å². The molecule has 8 heteroatoms. The van der Waals surface area contributed by atoms with Gasteiger partial charge in [0.1, 0.15) is 11.6 Å². The molecule has 2 amide bonds. The van der Waals surface area contributed by atoms with E-state index >= 15 is 0 Å². The maximum absolute atomic E-state index is 12.9. The first kappa shape index (κ1) is 24.2. The third-order valence-electron chi connectivity index (χ3n) is 5.88. The van der Waals surface area contributed by atoms with E-state index in [1.807, 2.05) is 19.1 Å². The second-order valence-corrected chi connectivity index (χ2v) is 8.17. The number of nitrogens with one attached hydrogen (secondary N) is 3. The van der Waals surface area contributed by atoms with Crippen molar-refractivity contribution in [2.75, 3.05) is 12.4 Å². The number of hydrogen-bond acceptors (Lipinski definition) is 5. The fourth-order valence-electron chi connectivity index (χ4n) is 3.84. The highest BCUT2D eigenvalue weighted by Gasteiger charge is 2.41. The molecule has 1 saturated carbocycles. The Labute approximate surface area is 183 Å². The summed E-state index contributed by atoms with van der Waals surface area (Å²) < 4.78 is 4.78. The number of amides is 2. The summed E-state index contributed by atoms with van der Waals surface area (Å²) in [6.07, 6.45) is 5.95. The standard InChI is InChI=1S/C22H32ClN3O4/c1-4-19(27)25-18(20(28)30-3)14-15-10-12-17(13-11-15)24-21(29)22(2,26-23)16-8-6-5-7-9-16/h10-13,16,18,26H,4-9,14H2,1-3H3,(H,24,29)(H,25,27)/t18-,22?/m1/s1. The number of ether oxygens (including phenoxy) is 1. The second kappa shape index (κ2) is 11.3. The van der Waals surface area contributed by atoms with Crippen molar-refractivity contribution in [2.45, 2.75) is 70.4 Å². The van der Waals surface area contributed by atoms with E-state index in [2.05, 4.69) is 15.5 Å². The molecule has 7 nitrogen and oxygen atoms in total. The largest absolute Gasteiger partial charge is 0.467 e. The first-order chi connectivity index (χ1) is 14.3. The van der Waals surface area contributed by atoms with Gasteiger partial charge in [-0.3, -0.25) is 9.59 Å². The smallest absolute Gasteiger partial charge is 0.328 e. The first-order valence-corrected chi connectivity index (χ1v) is 10.9. The van der Waals surface area contributed by atoms with E-state index in [1.165, 1.54) is 13.5 Å².